The van der Waals surface area contributed by atoms with E-state index in [0.717, 1.165) is 11.1 Å². The standard InChI is InChI=1S/C13H16O3/c1-13(2)15-8-11(9-16-13)12(14)10-6-4-3-5-7-10/h3-7,14H,8-9H2,1-2H3. The molecule has 3 nitrogen and oxygen atoms in total. The summed E-state index contributed by atoms with van der Waals surface area (Å²) in [5.74, 6) is -0.295. The molecule has 1 aliphatic rings. The molecular formula is C13H16O3. The van der Waals surface area contributed by atoms with Gasteiger partial charge >= 0.3 is 0 Å². The number of ether oxygens (including phenoxy) is 2. The van der Waals surface area contributed by atoms with Gasteiger partial charge in [0.15, 0.2) is 5.79 Å². The second-order valence-corrected chi connectivity index (χ2v) is 4.30. The molecule has 0 spiro atoms. The second-order valence-electron chi connectivity index (χ2n) is 4.30. The van der Waals surface area contributed by atoms with Crippen molar-refractivity contribution in [3.8, 4) is 0 Å². The Hall–Kier alpha value is -1.32. The van der Waals surface area contributed by atoms with Crippen LogP contribution in [0, 0.1) is 0 Å². The van der Waals surface area contributed by atoms with E-state index in [1.165, 1.54) is 0 Å². The van der Waals surface area contributed by atoms with Gasteiger partial charge in [0.05, 0.1) is 13.2 Å². The van der Waals surface area contributed by atoms with E-state index in [0.29, 0.717) is 13.2 Å². The monoisotopic (exact) mass is 220 g/mol. The number of rotatable bonds is 1. The largest absolute Gasteiger partial charge is 0.507 e. The second kappa shape index (κ2) is 4.28. The number of hydrogen-bond acceptors (Lipinski definition) is 3. The van der Waals surface area contributed by atoms with Crippen LogP contribution in [0.1, 0.15) is 19.4 Å². The first kappa shape index (κ1) is 11.2. The average Bonchev–Trinajstić information content (AvgIpc) is 2.29. The zero-order valence-electron chi connectivity index (χ0n) is 9.56. The fourth-order valence-corrected chi connectivity index (χ4v) is 1.54. The SMILES string of the molecule is CC1(C)OCC(=C(O)c2ccccc2)CO1. The van der Waals surface area contributed by atoms with Crippen LogP contribution in [-0.4, -0.2) is 24.1 Å². The fraction of sp³-hybridized carbons (Fsp3) is 0.385. The van der Waals surface area contributed by atoms with E-state index in [2.05, 4.69) is 0 Å². The molecule has 3 heteroatoms. The molecule has 1 saturated heterocycles. The van der Waals surface area contributed by atoms with Gasteiger partial charge in [-0.1, -0.05) is 30.3 Å². The minimum Gasteiger partial charge on any atom is -0.507 e. The highest BCUT2D eigenvalue weighted by Gasteiger charge is 2.26. The lowest BCUT2D eigenvalue weighted by molar-refractivity contribution is -0.225. The highest BCUT2D eigenvalue weighted by atomic mass is 16.7. The van der Waals surface area contributed by atoms with Crippen LogP contribution in [0.25, 0.3) is 5.76 Å². The van der Waals surface area contributed by atoms with Gasteiger partial charge in [-0.25, -0.2) is 0 Å². The maximum absolute atomic E-state index is 10.0. The van der Waals surface area contributed by atoms with Crippen LogP contribution in [-0.2, 0) is 9.47 Å². The molecule has 0 unspecified atom stereocenters. The molecule has 1 aromatic rings. The van der Waals surface area contributed by atoms with Crippen LogP contribution >= 0.6 is 0 Å². The third-order valence-electron chi connectivity index (χ3n) is 2.57. The first-order chi connectivity index (χ1) is 7.58. The lowest BCUT2D eigenvalue weighted by Crippen LogP contribution is -2.35. The van der Waals surface area contributed by atoms with Gasteiger partial charge in [-0.3, -0.25) is 0 Å². The summed E-state index contributed by atoms with van der Waals surface area (Å²) < 4.78 is 11.0. The molecular weight excluding hydrogens is 204 g/mol. The van der Waals surface area contributed by atoms with Gasteiger partial charge in [0.2, 0.25) is 0 Å². The summed E-state index contributed by atoms with van der Waals surface area (Å²) in [5, 5.41) is 10.0. The molecule has 1 N–H and O–H groups in total. The molecule has 0 aliphatic carbocycles. The van der Waals surface area contributed by atoms with E-state index in [1.807, 2.05) is 44.2 Å². The smallest absolute Gasteiger partial charge is 0.163 e. The van der Waals surface area contributed by atoms with Crippen molar-refractivity contribution in [3.63, 3.8) is 0 Å². The van der Waals surface area contributed by atoms with Crippen LogP contribution in [0.15, 0.2) is 35.9 Å². The maximum atomic E-state index is 10.0. The Morgan fingerprint density at radius 2 is 1.69 bits per heavy atom. The Bertz CT molecular complexity index is 381. The molecule has 0 amide bonds. The van der Waals surface area contributed by atoms with Gasteiger partial charge in [0, 0.05) is 11.1 Å². The van der Waals surface area contributed by atoms with Crippen LogP contribution in [0.5, 0.6) is 0 Å². The summed E-state index contributed by atoms with van der Waals surface area (Å²) in [7, 11) is 0. The Labute approximate surface area is 95.3 Å². The highest BCUT2D eigenvalue weighted by Crippen LogP contribution is 2.24. The van der Waals surface area contributed by atoms with Crippen molar-refractivity contribution in [2.75, 3.05) is 13.2 Å². The third-order valence-corrected chi connectivity index (χ3v) is 2.57. The molecule has 1 heterocycles. The van der Waals surface area contributed by atoms with Crippen LogP contribution in [0.2, 0.25) is 0 Å². The first-order valence-electron chi connectivity index (χ1n) is 5.33. The third kappa shape index (κ3) is 2.43. The summed E-state index contributed by atoms with van der Waals surface area (Å²) in [4.78, 5) is 0. The van der Waals surface area contributed by atoms with Crippen molar-refractivity contribution in [1.82, 2.24) is 0 Å². The zero-order valence-corrected chi connectivity index (χ0v) is 9.56. The van der Waals surface area contributed by atoms with E-state index >= 15 is 0 Å². The Morgan fingerprint density at radius 3 is 2.25 bits per heavy atom. The summed E-state index contributed by atoms with van der Waals surface area (Å²) in [6, 6.07) is 9.42. The Morgan fingerprint density at radius 1 is 1.12 bits per heavy atom. The van der Waals surface area contributed by atoms with Crippen molar-refractivity contribution in [1.29, 1.82) is 0 Å². The van der Waals surface area contributed by atoms with Gasteiger partial charge in [0.1, 0.15) is 5.76 Å². The van der Waals surface area contributed by atoms with E-state index in [4.69, 9.17) is 9.47 Å². The quantitative estimate of drug-likeness (QED) is 0.739. The van der Waals surface area contributed by atoms with Crippen LogP contribution in [0.4, 0.5) is 0 Å². The van der Waals surface area contributed by atoms with Crippen molar-refractivity contribution in [2.45, 2.75) is 19.6 Å². The van der Waals surface area contributed by atoms with Crippen molar-refractivity contribution >= 4 is 5.76 Å². The summed E-state index contributed by atoms with van der Waals surface area (Å²) in [5.41, 5.74) is 1.58. The maximum Gasteiger partial charge on any atom is 0.163 e. The molecule has 0 radical (unpaired) electrons. The normalized spacial score (nSPS) is 19.5. The first-order valence-corrected chi connectivity index (χ1v) is 5.33. The molecule has 16 heavy (non-hydrogen) atoms. The van der Waals surface area contributed by atoms with Crippen molar-refractivity contribution < 1.29 is 14.6 Å². The predicted molar refractivity (Wildman–Crippen MR) is 62.0 cm³/mol. The van der Waals surface area contributed by atoms with Crippen molar-refractivity contribution in [3.05, 3.63) is 41.5 Å². The molecule has 0 aromatic heterocycles. The molecule has 1 aliphatic heterocycles. The number of benzene rings is 1. The van der Waals surface area contributed by atoms with E-state index in [1.54, 1.807) is 0 Å². The minimum atomic E-state index is -0.555. The van der Waals surface area contributed by atoms with Gasteiger partial charge in [-0.15, -0.1) is 0 Å². The lowest BCUT2D eigenvalue weighted by atomic mass is 10.1. The van der Waals surface area contributed by atoms with Gasteiger partial charge in [-0.2, -0.15) is 0 Å². The predicted octanol–water partition coefficient (Wildman–Crippen LogP) is 2.74. The lowest BCUT2D eigenvalue weighted by Gasteiger charge is -2.32. The molecule has 0 bridgehead atoms. The molecule has 0 atom stereocenters. The zero-order chi connectivity index (χ0) is 11.6. The summed E-state index contributed by atoms with van der Waals surface area (Å²) >= 11 is 0. The Kier molecular flexibility index (Phi) is 2.99. The molecule has 86 valence electrons. The van der Waals surface area contributed by atoms with Crippen molar-refractivity contribution in [2.24, 2.45) is 0 Å². The topological polar surface area (TPSA) is 38.7 Å². The van der Waals surface area contributed by atoms with E-state index < -0.39 is 5.79 Å². The van der Waals surface area contributed by atoms with Gasteiger partial charge < -0.3 is 14.6 Å². The Balaban J connectivity index is 2.18. The minimum absolute atomic E-state index is 0.260. The number of aliphatic hydroxyl groups excluding tert-OH is 1. The fourth-order valence-electron chi connectivity index (χ4n) is 1.54. The average molecular weight is 220 g/mol. The van der Waals surface area contributed by atoms with E-state index in [-0.39, 0.29) is 5.76 Å². The number of hydrogen-bond donors (Lipinski definition) is 1. The van der Waals surface area contributed by atoms with Gasteiger partial charge in [0.25, 0.3) is 0 Å². The highest BCUT2D eigenvalue weighted by molar-refractivity contribution is 5.62. The molecule has 2 rings (SSSR count). The molecule has 0 saturated carbocycles. The summed E-state index contributed by atoms with van der Waals surface area (Å²) in [6.45, 7) is 4.55. The number of aliphatic hydroxyl groups is 1. The van der Waals surface area contributed by atoms with Crippen LogP contribution in [0.3, 0.4) is 0 Å². The van der Waals surface area contributed by atoms with E-state index in [9.17, 15) is 5.11 Å². The van der Waals surface area contributed by atoms with Gasteiger partial charge in [-0.05, 0) is 13.8 Å². The molecule has 1 fully saturated rings. The molecule has 1 aromatic carbocycles. The summed E-state index contributed by atoms with van der Waals surface area (Å²) in [6.07, 6.45) is 0. The van der Waals surface area contributed by atoms with Crippen LogP contribution < -0.4 is 0 Å².